The topological polar surface area (TPSA) is 84.9 Å². The van der Waals surface area contributed by atoms with E-state index in [1.165, 1.54) is 7.05 Å². The smallest absolute Gasteiger partial charge is 0.239 e. The first-order chi connectivity index (χ1) is 10.6. The molecule has 1 aromatic rings. The SMILES string of the molecule is CNC(=O)CNC(=O)CN1CCN(c2ccc(O)cc2)CC1. The summed E-state index contributed by atoms with van der Waals surface area (Å²) in [6, 6.07) is 7.13. The number of phenolic OH excluding ortho intramolecular Hbond substituents is 1. The lowest BCUT2D eigenvalue weighted by molar-refractivity contribution is -0.126. The molecule has 0 unspecified atom stereocenters. The Hall–Kier alpha value is -2.28. The standard InChI is InChI=1S/C15H22N4O3/c1-16-14(21)10-17-15(22)11-18-6-8-19(9-7-18)12-2-4-13(20)5-3-12/h2-5,20H,6-11H2,1H3,(H,16,21)(H,17,22). The molecule has 1 saturated heterocycles. The second-order valence-electron chi connectivity index (χ2n) is 5.23. The van der Waals surface area contributed by atoms with Crippen LogP contribution in [-0.2, 0) is 9.59 Å². The van der Waals surface area contributed by atoms with E-state index in [1.54, 1.807) is 12.1 Å². The Morgan fingerprint density at radius 1 is 1.09 bits per heavy atom. The third kappa shape index (κ3) is 4.63. The van der Waals surface area contributed by atoms with Gasteiger partial charge in [-0.1, -0.05) is 0 Å². The van der Waals surface area contributed by atoms with E-state index in [0.717, 1.165) is 31.9 Å². The van der Waals surface area contributed by atoms with Crippen molar-refractivity contribution in [2.24, 2.45) is 0 Å². The van der Waals surface area contributed by atoms with Crippen LogP contribution in [0, 0.1) is 0 Å². The number of likely N-dealkylation sites (N-methyl/N-ethyl adjacent to an activating group) is 1. The zero-order valence-electron chi connectivity index (χ0n) is 12.7. The summed E-state index contributed by atoms with van der Waals surface area (Å²) in [6.07, 6.45) is 0. The molecule has 1 fully saturated rings. The van der Waals surface area contributed by atoms with Crippen LogP contribution >= 0.6 is 0 Å². The average Bonchev–Trinajstić information content (AvgIpc) is 2.54. The van der Waals surface area contributed by atoms with Gasteiger partial charge in [0.25, 0.3) is 0 Å². The monoisotopic (exact) mass is 306 g/mol. The van der Waals surface area contributed by atoms with Crippen molar-refractivity contribution in [1.82, 2.24) is 15.5 Å². The predicted octanol–water partition coefficient (Wildman–Crippen LogP) is -0.624. The lowest BCUT2D eigenvalue weighted by Crippen LogP contribution is -2.50. The second-order valence-corrected chi connectivity index (χ2v) is 5.23. The molecule has 2 rings (SSSR count). The fourth-order valence-corrected chi connectivity index (χ4v) is 2.35. The van der Waals surface area contributed by atoms with Gasteiger partial charge in [0.15, 0.2) is 0 Å². The molecule has 2 amide bonds. The van der Waals surface area contributed by atoms with Gasteiger partial charge in [-0.25, -0.2) is 0 Å². The summed E-state index contributed by atoms with van der Waals surface area (Å²) in [5, 5.41) is 14.4. The number of carbonyl (C=O) groups is 2. The molecule has 1 aromatic carbocycles. The van der Waals surface area contributed by atoms with Crippen molar-refractivity contribution in [3.63, 3.8) is 0 Å². The number of nitrogens with one attached hydrogen (secondary N) is 2. The minimum absolute atomic E-state index is 0.0167. The number of hydrogen-bond acceptors (Lipinski definition) is 5. The highest BCUT2D eigenvalue weighted by molar-refractivity contribution is 5.85. The molecule has 0 spiro atoms. The van der Waals surface area contributed by atoms with Gasteiger partial charge in [0.1, 0.15) is 5.75 Å². The van der Waals surface area contributed by atoms with E-state index in [1.807, 2.05) is 12.1 Å². The average molecular weight is 306 g/mol. The summed E-state index contributed by atoms with van der Waals surface area (Å²) in [5.74, 6) is -0.0812. The Balaban J connectivity index is 1.74. The quantitative estimate of drug-likeness (QED) is 0.675. The zero-order chi connectivity index (χ0) is 15.9. The van der Waals surface area contributed by atoms with Gasteiger partial charge in [0.2, 0.25) is 11.8 Å². The fraction of sp³-hybridized carbons (Fsp3) is 0.467. The van der Waals surface area contributed by atoms with Gasteiger partial charge in [0.05, 0.1) is 13.1 Å². The molecular weight excluding hydrogens is 284 g/mol. The number of benzene rings is 1. The predicted molar refractivity (Wildman–Crippen MR) is 83.8 cm³/mol. The number of nitrogens with zero attached hydrogens (tertiary/aromatic N) is 2. The number of piperazine rings is 1. The molecule has 7 heteroatoms. The van der Waals surface area contributed by atoms with E-state index in [9.17, 15) is 14.7 Å². The van der Waals surface area contributed by atoms with E-state index in [0.29, 0.717) is 6.54 Å². The molecule has 0 aliphatic carbocycles. The summed E-state index contributed by atoms with van der Waals surface area (Å²) < 4.78 is 0. The number of amides is 2. The van der Waals surface area contributed by atoms with Crippen molar-refractivity contribution in [3.05, 3.63) is 24.3 Å². The van der Waals surface area contributed by atoms with Crippen LogP contribution in [0.3, 0.4) is 0 Å². The molecule has 1 aliphatic heterocycles. The Morgan fingerprint density at radius 2 is 1.73 bits per heavy atom. The zero-order valence-corrected chi connectivity index (χ0v) is 12.7. The third-order valence-corrected chi connectivity index (χ3v) is 3.68. The van der Waals surface area contributed by atoms with E-state index in [-0.39, 0.29) is 24.1 Å². The van der Waals surface area contributed by atoms with Crippen LogP contribution in [0.15, 0.2) is 24.3 Å². The molecule has 0 atom stereocenters. The summed E-state index contributed by atoms with van der Waals surface area (Å²) in [6.45, 7) is 3.55. The van der Waals surface area contributed by atoms with Crippen LogP contribution in [0.4, 0.5) is 5.69 Å². The Kier molecular flexibility index (Phi) is 5.60. The van der Waals surface area contributed by atoms with Gasteiger partial charge in [0, 0.05) is 38.9 Å². The van der Waals surface area contributed by atoms with E-state index in [4.69, 9.17) is 0 Å². The lowest BCUT2D eigenvalue weighted by atomic mass is 10.2. The largest absolute Gasteiger partial charge is 0.508 e. The van der Waals surface area contributed by atoms with Crippen LogP contribution in [-0.4, -0.2) is 68.1 Å². The summed E-state index contributed by atoms with van der Waals surface area (Å²) >= 11 is 0. The first kappa shape index (κ1) is 16.1. The van der Waals surface area contributed by atoms with Crippen molar-refractivity contribution in [3.8, 4) is 5.75 Å². The van der Waals surface area contributed by atoms with Gasteiger partial charge in [-0.2, -0.15) is 0 Å². The minimum atomic E-state index is -0.203. The maximum Gasteiger partial charge on any atom is 0.239 e. The number of anilines is 1. The lowest BCUT2D eigenvalue weighted by Gasteiger charge is -2.35. The third-order valence-electron chi connectivity index (χ3n) is 3.68. The highest BCUT2D eigenvalue weighted by Crippen LogP contribution is 2.19. The minimum Gasteiger partial charge on any atom is -0.508 e. The molecule has 22 heavy (non-hydrogen) atoms. The Morgan fingerprint density at radius 3 is 2.32 bits per heavy atom. The number of hydrogen-bond donors (Lipinski definition) is 3. The molecule has 0 saturated carbocycles. The molecule has 120 valence electrons. The number of rotatable bonds is 5. The van der Waals surface area contributed by atoms with Crippen molar-refractivity contribution < 1.29 is 14.7 Å². The molecular formula is C15H22N4O3. The molecule has 3 N–H and O–H groups in total. The molecule has 1 heterocycles. The van der Waals surface area contributed by atoms with Crippen molar-refractivity contribution >= 4 is 17.5 Å². The first-order valence-corrected chi connectivity index (χ1v) is 7.32. The normalized spacial score (nSPS) is 15.4. The summed E-state index contributed by atoms with van der Waals surface area (Å²) in [5.41, 5.74) is 1.07. The van der Waals surface area contributed by atoms with E-state index >= 15 is 0 Å². The van der Waals surface area contributed by atoms with Gasteiger partial charge in [-0.3, -0.25) is 14.5 Å². The molecule has 1 aliphatic rings. The fourth-order valence-electron chi connectivity index (χ4n) is 2.35. The highest BCUT2D eigenvalue weighted by Gasteiger charge is 2.19. The summed E-state index contributed by atoms with van der Waals surface area (Å²) in [4.78, 5) is 27.1. The van der Waals surface area contributed by atoms with Gasteiger partial charge in [-0.15, -0.1) is 0 Å². The van der Waals surface area contributed by atoms with Crippen molar-refractivity contribution in [2.75, 3.05) is 51.2 Å². The van der Waals surface area contributed by atoms with E-state index in [2.05, 4.69) is 20.4 Å². The number of carbonyl (C=O) groups excluding carboxylic acids is 2. The molecule has 0 aromatic heterocycles. The maximum atomic E-state index is 11.7. The van der Waals surface area contributed by atoms with Gasteiger partial charge in [-0.05, 0) is 24.3 Å². The Labute approximate surface area is 129 Å². The molecule has 7 nitrogen and oxygen atoms in total. The van der Waals surface area contributed by atoms with Gasteiger partial charge >= 0.3 is 0 Å². The first-order valence-electron chi connectivity index (χ1n) is 7.32. The van der Waals surface area contributed by atoms with Crippen LogP contribution < -0.4 is 15.5 Å². The maximum absolute atomic E-state index is 11.7. The number of phenols is 1. The molecule has 0 radical (unpaired) electrons. The van der Waals surface area contributed by atoms with Crippen LogP contribution in [0.2, 0.25) is 0 Å². The van der Waals surface area contributed by atoms with Crippen LogP contribution in [0.5, 0.6) is 5.75 Å². The van der Waals surface area contributed by atoms with Crippen molar-refractivity contribution in [2.45, 2.75) is 0 Å². The van der Waals surface area contributed by atoms with Crippen LogP contribution in [0.25, 0.3) is 0 Å². The Bertz CT molecular complexity index is 510. The summed E-state index contributed by atoms with van der Waals surface area (Å²) in [7, 11) is 1.54. The molecule has 0 bridgehead atoms. The number of aromatic hydroxyl groups is 1. The second kappa shape index (κ2) is 7.65. The van der Waals surface area contributed by atoms with Gasteiger partial charge < -0.3 is 20.6 Å². The van der Waals surface area contributed by atoms with E-state index < -0.39 is 0 Å². The highest BCUT2D eigenvalue weighted by atomic mass is 16.3. The van der Waals surface area contributed by atoms with Crippen LogP contribution in [0.1, 0.15) is 0 Å². The van der Waals surface area contributed by atoms with Crippen molar-refractivity contribution in [1.29, 1.82) is 0 Å².